The molecular formula is C8H9NaO2S. The Morgan fingerprint density at radius 3 is 2.50 bits per heavy atom. The predicted molar refractivity (Wildman–Crippen MR) is 53.2 cm³/mol. The van der Waals surface area contributed by atoms with Crippen molar-refractivity contribution in [3.63, 3.8) is 0 Å². The van der Waals surface area contributed by atoms with Gasteiger partial charge in [-0.3, -0.25) is 0 Å². The van der Waals surface area contributed by atoms with E-state index in [1.54, 1.807) is 6.08 Å². The van der Waals surface area contributed by atoms with Gasteiger partial charge in [-0.05, 0) is 11.6 Å². The average Bonchev–Trinajstić information content (AvgIpc) is 2.07. The van der Waals surface area contributed by atoms with Crippen molar-refractivity contribution in [2.24, 2.45) is 0 Å². The molecule has 12 heavy (non-hydrogen) atoms. The van der Waals surface area contributed by atoms with Gasteiger partial charge in [-0.25, -0.2) is 4.21 Å². The van der Waals surface area contributed by atoms with Crippen molar-refractivity contribution in [2.75, 3.05) is 0 Å². The number of hydrogen-bond acceptors (Lipinski definition) is 2. The molecule has 0 aliphatic heterocycles. The maximum atomic E-state index is 9.82. The average molecular weight is 192 g/mol. The zero-order valence-corrected chi connectivity index (χ0v) is 6.70. The minimum absolute atomic E-state index is 0. The third-order valence-corrected chi connectivity index (χ3v) is 1.37. The van der Waals surface area contributed by atoms with Crippen LogP contribution in [-0.2, 0) is 16.1 Å². The first-order valence-electron chi connectivity index (χ1n) is 3.13. The molecule has 1 rings (SSSR count). The van der Waals surface area contributed by atoms with E-state index in [1.807, 2.05) is 30.3 Å². The van der Waals surface area contributed by atoms with E-state index in [4.69, 9.17) is 0 Å². The van der Waals surface area contributed by atoms with Crippen molar-refractivity contribution < 1.29 is 8.39 Å². The van der Waals surface area contributed by atoms with Gasteiger partial charge in [0.2, 0.25) is 0 Å². The Bertz CT molecular complexity index is 248. The van der Waals surface area contributed by atoms with Crippen LogP contribution in [0.25, 0.3) is 6.08 Å². The van der Waals surface area contributed by atoms with Crippen LogP contribution in [0.3, 0.4) is 0 Å². The van der Waals surface area contributed by atoms with Crippen LogP contribution < -0.4 is 0 Å². The molecule has 0 unspecified atom stereocenters. The number of benzene rings is 1. The van der Waals surface area contributed by atoms with Gasteiger partial charge in [-0.1, -0.05) is 30.3 Å². The van der Waals surface area contributed by atoms with Crippen LogP contribution in [0, 0.1) is 0 Å². The van der Waals surface area contributed by atoms with Crippen molar-refractivity contribution in [3.8, 4) is 0 Å². The quantitative estimate of drug-likeness (QED) is 0.437. The third-order valence-electron chi connectivity index (χ3n) is 1.16. The summed E-state index contributed by atoms with van der Waals surface area (Å²) in [5.74, 6) is 0. The Hall–Kier alpha value is -0.0900. The zero-order valence-electron chi connectivity index (χ0n) is 5.81. The molecule has 0 heterocycles. The monoisotopic (exact) mass is 192 g/mol. The Labute approximate surface area is 97.6 Å². The molecule has 0 radical (unpaired) electrons. The van der Waals surface area contributed by atoms with Gasteiger partial charge in [0.15, 0.2) is 11.9 Å². The first-order valence-corrected chi connectivity index (χ1v) is 3.86. The Morgan fingerprint density at radius 2 is 1.92 bits per heavy atom. The molecular weight excluding hydrogens is 183 g/mol. The van der Waals surface area contributed by atoms with Crippen molar-refractivity contribution in [3.05, 3.63) is 42.2 Å². The molecule has 0 bridgehead atoms. The van der Waals surface area contributed by atoms with E-state index in [9.17, 15) is 4.21 Å². The van der Waals surface area contributed by atoms with Gasteiger partial charge in [-0.15, -0.1) is 0 Å². The van der Waals surface area contributed by atoms with Crippen molar-refractivity contribution >= 4 is 47.6 Å². The molecule has 0 fully saturated rings. The standard InChI is InChI=1S/C8H8O2S.Na.H/c9-11-10-7-6-8-4-2-1-3-5-8;;/h1-7,11H;;. The van der Waals surface area contributed by atoms with Crippen LogP contribution in [0.2, 0.25) is 0 Å². The van der Waals surface area contributed by atoms with E-state index in [1.165, 1.54) is 6.26 Å². The molecule has 1 aromatic carbocycles. The van der Waals surface area contributed by atoms with Crippen LogP contribution in [0.15, 0.2) is 36.6 Å². The van der Waals surface area contributed by atoms with E-state index in [0.717, 1.165) is 5.56 Å². The fraction of sp³-hybridized carbons (Fsp3) is 0. The minimum atomic E-state index is -0.322. The molecule has 0 aromatic heterocycles. The second-order valence-corrected chi connectivity index (χ2v) is 2.25. The number of rotatable bonds is 3. The summed E-state index contributed by atoms with van der Waals surface area (Å²) < 4.78 is 14.3. The summed E-state index contributed by atoms with van der Waals surface area (Å²) >= 11 is -0.322. The molecule has 60 valence electrons. The summed E-state index contributed by atoms with van der Waals surface area (Å²) in [4.78, 5) is 0. The summed E-state index contributed by atoms with van der Waals surface area (Å²) in [5.41, 5.74) is 1.02. The molecule has 0 amide bonds. The fourth-order valence-corrected chi connectivity index (χ4v) is 0.809. The summed E-state index contributed by atoms with van der Waals surface area (Å²) in [6.45, 7) is 0. The molecule has 0 spiro atoms. The Kier molecular flexibility index (Phi) is 7.50. The van der Waals surface area contributed by atoms with Gasteiger partial charge in [-0.2, -0.15) is 0 Å². The van der Waals surface area contributed by atoms with Crippen LogP contribution in [0.1, 0.15) is 5.56 Å². The molecule has 0 aliphatic rings. The van der Waals surface area contributed by atoms with Crippen molar-refractivity contribution in [2.45, 2.75) is 0 Å². The van der Waals surface area contributed by atoms with Gasteiger partial charge in [0.05, 0.1) is 0 Å². The molecule has 0 saturated carbocycles. The molecule has 0 atom stereocenters. The summed E-state index contributed by atoms with van der Waals surface area (Å²) in [6.07, 6.45) is 3.13. The van der Waals surface area contributed by atoms with Crippen LogP contribution in [0.5, 0.6) is 0 Å². The topological polar surface area (TPSA) is 26.3 Å². The maximum absolute atomic E-state index is 9.82. The van der Waals surface area contributed by atoms with Crippen molar-refractivity contribution in [1.29, 1.82) is 0 Å². The van der Waals surface area contributed by atoms with E-state index < -0.39 is 0 Å². The summed E-state index contributed by atoms with van der Waals surface area (Å²) in [5, 5.41) is 0. The van der Waals surface area contributed by atoms with Gasteiger partial charge in [0.1, 0.15) is 6.26 Å². The first-order chi connectivity index (χ1) is 5.43. The molecule has 0 saturated heterocycles. The van der Waals surface area contributed by atoms with Crippen molar-refractivity contribution in [1.82, 2.24) is 0 Å². The molecule has 0 aliphatic carbocycles. The third kappa shape index (κ3) is 4.72. The molecule has 0 N–H and O–H groups in total. The van der Waals surface area contributed by atoms with E-state index in [0.29, 0.717) is 0 Å². The second kappa shape index (κ2) is 7.55. The molecule has 2 nitrogen and oxygen atoms in total. The van der Waals surface area contributed by atoms with Crippen LogP contribution >= 0.6 is 0 Å². The Morgan fingerprint density at radius 1 is 1.25 bits per heavy atom. The summed E-state index contributed by atoms with van der Waals surface area (Å²) in [6, 6.07) is 9.65. The first kappa shape index (κ1) is 11.9. The number of thiol groups is 1. The van der Waals surface area contributed by atoms with Crippen LogP contribution in [-0.4, -0.2) is 33.8 Å². The second-order valence-electron chi connectivity index (χ2n) is 1.89. The van der Waals surface area contributed by atoms with Gasteiger partial charge in [0, 0.05) is 0 Å². The van der Waals surface area contributed by atoms with Gasteiger partial charge >= 0.3 is 29.6 Å². The zero-order chi connectivity index (χ0) is 7.94. The molecule has 4 heteroatoms. The van der Waals surface area contributed by atoms with Gasteiger partial charge < -0.3 is 4.18 Å². The SMILES string of the molecule is O=[SH]OC=Cc1ccccc1.[NaH]. The van der Waals surface area contributed by atoms with E-state index in [-0.39, 0.29) is 41.5 Å². The van der Waals surface area contributed by atoms with Gasteiger partial charge in [0.25, 0.3) is 0 Å². The van der Waals surface area contributed by atoms with E-state index >= 15 is 0 Å². The number of hydrogen-bond donors (Lipinski definition) is 1. The van der Waals surface area contributed by atoms with Crippen LogP contribution in [0.4, 0.5) is 0 Å². The Balaban J connectivity index is 0.00000121. The molecule has 1 aromatic rings. The predicted octanol–water partition coefficient (Wildman–Crippen LogP) is 0.886. The normalized spacial score (nSPS) is 9.33. The summed E-state index contributed by atoms with van der Waals surface area (Å²) in [7, 11) is 0. The van der Waals surface area contributed by atoms with E-state index in [2.05, 4.69) is 4.18 Å². The fourth-order valence-electron chi connectivity index (χ4n) is 0.698.